The smallest absolute Gasteiger partial charge is 0.274 e. The molecule has 29 heavy (non-hydrogen) atoms. The van der Waals surface area contributed by atoms with Crippen LogP contribution < -0.4 is 10.9 Å². The zero-order valence-electron chi connectivity index (χ0n) is 16.2. The van der Waals surface area contributed by atoms with E-state index in [1.54, 1.807) is 43.1 Å². The molecule has 0 unspecified atom stereocenters. The summed E-state index contributed by atoms with van der Waals surface area (Å²) in [5, 5.41) is 8.30. The lowest BCUT2D eigenvalue weighted by molar-refractivity contribution is 0.0929. The Hall–Kier alpha value is -3.13. The summed E-state index contributed by atoms with van der Waals surface area (Å²) in [6, 6.07) is 14.5. The Balaban J connectivity index is 1.71. The van der Waals surface area contributed by atoms with Crippen molar-refractivity contribution in [3.05, 3.63) is 70.4 Å². The van der Waals surface area contributed by atoms with Gasteiger partial charge in [0.15, 0.2) is 5.69 Å². The number of hydrogen-bond donors (Lipinski definition) is 2. The quantitative estimate of drug-likeness (QED) is 0.513. The minimum absolute atomic E-state index is 0.228. The number of hydrogen-bond acceptors (Lipinski definition) is 5. The highest BCUT2D eigenvalue weighted by molar-refractivity contribution is 7.98. The lowest BCUT2D eigenvalue weighted by Gasteiger charge is -2.17. The van der Waals surface area contributed by atoms with Crippen LogP contribution in [-0.2, 0) is 7.05 Å². The summed E-state index contributed by atoms with van der Waals surface area (Å²) in [6.07, 6.45) is 2.75. The summed E-state index contributed by atoms with van der Waals surface area (Å²) in [7, 11) is 1.55. The lowest BCUT2D eigenvalue weighted by atomic mass is 10.1. The number of amides is 1. The van der Waals surface area contributed by atoms with E-state index in [0.29, 0.717) is 16.6 Å². The van der Waals surface area contributed by atoms with Crippen molar-refractivity contribution in [1.29, 1.82) is 0 Å². The molecule has 2 aromatic carbocycles. The minimum atomic E-state index is -0.330. The molecule has 0 saturated carbocycles. The molecule has 2 heterocycles. The predicted molar refractivity (Wildman–Crippen MR) is 116 cm³/mol. The molecular weight excluding hydrogens is 386 g/mol. The van der Waals surface area contributed by atoms with Crippen LogP contribution in [0.1, 0.15) is 28.8 Å². The number of carbonyl (C=O) groups excluding carboxylic acids is 1. The third kappa shape index (κ3) is 3.75. The Labute approximate surface area is 171 Å². The summed E-state index contributed by atoms with van der Waals surface area (Å²) in [5.41, 5.74) is 1.79. The molecule has 0 fully saturated rings. The third-order valence-corrected chi connectivity index (χ3v) is 5.47. The topological polar surface area (TPSA) is 92.7 Å². The Morgan fingerprint density at radius 1 is 1.17 bits per heavy atom. The van der Waals surface area contributed by atoms with E-state index in [2.05, 4.69) is 20.4 Å². The van der Waals surface area contributed by atoms with Crippen molar-refractivity contribution in [3.63, 3.8) is 0 Å². The highest BCUT2D eigenvalue weighted by Crippen LogP contribution is 2.21. The van der Waals surface area contributed by atoms with Gasteiger partial charge in [-0.1, -0.05) is 30.3 Å². The van der Waals surface area contributed by atoms with Gasteiger partial charge in [-0.05, 0) is 36.6 Å². The molecule has 1 amide bonds. The fourth-order valence-electron chi connectivity index (χ4n) is 3.34. The Kier molecular flexibility index (Phi) is 5.35. The Bertz CT molecular complexity index is 1210. The van der Waals surface area contributed by atoms with E-state index in [1.165, 1.54) is 4.68 Å². The van der Waals surface area contributed by atoms with E-state index in [0.717, 1.165) is 23.2 Å². The minimum Gasteiger partial charge on any atom is -0.341 e. The van der Waals surface area contributed by atoms with Gasteiger partial charge in [0.1, 0.15) is 5.82 Å². The molecule has 7 nitrogen and oxygen atoms in total. The van der Waals surface area contributed by atoms with Gasteiger partial charge in [-0.3, -0.25) is 9.59 Å². The molecule has 4 aromatic rings. The molecule has 0 radical (unpaired) electrons. The highest BCUT2D eigenvalue weighted by atomic mass is 32.2. The van der Waals surface area contributed by atoms with Crippen molar-refractivity contribution in [3.8, 4) is 0 Å². The summed E-state index contributed by atoms with van der Waals surface area (Å²) < 4.78 is 1.20. The Morgan fingerprint density at radius 2 is 1.90 bits per heavy atom. The number of imidazole rings is 1. The van der Waals surface area contributed by atoms with Gasteiger partial charge in [-0.15, -0.1) is 0 Å². The van der Waals surface area contributed by atoms with Gasteiger partial charge < -0.3 is 10.3 Å². The maximum atomic E-state index is 13.1. The summed E-state index contributed by atoms with van der Waals surface area (Å²) in [6.45, 7) is 0. The van der Waals surface area contributed by atoms with Crippen LogP contribution in [0.25, 0.3) is 21.8 Å². The SMILES string of the molecule is CSCC[C@H](NC(=O)c1nn(C)c(=O)c2ccccc12)c1nc2ccccc2[nH]1. The lowest BCUT2D eigenvalue weighted by Crippen LogP contribution is -2.33. The fourth-order valence-corrected chi connectivity index (χ4v) is 3.82. The molecule has 0 bridgehead atoms. The second kappa shape index (κ2) is 8.08. The van der Waals surface area contributed by atoms with E-state index >= 15 is 0 Å². The van der Waals surface area contributed by atoms with E-state index in [1.807, 2.05) is 30.5 Å². The van der Waals surface area contributed by atoms with Crippen LogP contribution in [0, 0.1) is 0 Å². The largest absolute Gasteiger partial charge is 0.341 e. The molecule has 0 aliphatic rings. The maximum Gasteiger partial charge on any atom is 0.274 e. The van der Waals surface area contributed by atoms with Gasteiger partial charge in [0.05, 0.1) is 22.5 Å². The second-order valence-electron chi connectivity index (χ2n) is 6.77. The number of fused-ring (bicyclic) bond motifs is 2. The van der Waals surface area contributed by atoms with Crippen molar-refractivity contribution in [2.45, 2.75) is 12.5 Å². The van der Waals surface area contributed by atoms with Gasteiger partial charge in [0, 0.05) is 12.4 Å². The molecule has 0 aliphatic heterocycles. The van der Waals surface area contributed by atoms with Crippen molar-refractivity contribution in [2.24, 2.45) is 7.05 Å². The molecule has 0 aliphatic carbocycles. The number of H-pyrrole nitrogens is 1. The molecule has 2 N–H and O–H groups in total. The van der Waals surface area contributed by atoms with E-state index in [-0.39, 0.29) is 23.2 Å². The van der Waals surface area contributed by atoms with Crippen LogP contribution in [0.15, 0.2) is 53.3 Å². The van der Waals surface area contributed by atoms with Crippen molar-refractivity contribution >= 4 is 39.5 Å². The maximum absolute atomic E-state index is 13.1. The zero-order valence-corrected chi connectivity index (χ0v) is 17.0. The molecule has 0 saturated heterocycles. The number of aromatic nitrogens is 4. The first-order chi connectivity index (χ1) is 14.1. The van der Waals surface area contributed by atoms with E-state index in [9.17, 15) is 9.59 Å². The molecule has 2 aromatic heterocycles. The highest BCUT2D eigenvalue weighted by Gasteiger charge is 2.22. The summed E-state index contributed by atoms with van der Waals surface area (Å²) in [5.74, 6) is 1.25. The monoisotopic (exact) mass is 407 g/mol. The molecular formula is C21H21N5O2S. The molecule has 4 rings (SSSR count). The van der Waals surface area contributed by atoms with Crippen molar-refractivity contribution in [2.75, 3.05) is 12.0 Å². The fraction of sp³-hybridized carbons (Fsp3) is 0.238. The first kappa shape index (κ1) is 19.2. The zero-order chi connectivity index (χ0) is 20.4. The number of para-hydroxylation sites is 2. The molecule has 1 atom stereocenters. The number of benzene rings is 2. The van der Waals surface area contributed by atoms with Gasteiger partial charge >= 0.3 is 0 Å². The van der Waals surface area contributed by atoms with E-state index in [4.69, 9.17) is 0 Å². The Morgan fingerprint density at radius 3 is 2.66 bits per heavy atom. The number of nitrogens with one attached hydrogen (secondary N) is 2. The first-order valence-electron chi connectivity index (χ1n) is 9.29. The number of rotatable bonds is 6. The molecule has 8 heteroatoms. The number of nitrogens with zero attached hydrogens (tertiary/aromatic N) is 3. The number of aromatic amines is 1. The van der Waals surface area contributed by atoms with Crippen molar-refractivity contribution in [1.82, 2.24) is 25.1 Å². The van der Waals surface area contributed by atoms with E-state index < -0.39 is 0 Å². The average molecular weight is 407 g/mol. The second-order valence-corrected chi connectivity index (χ2v) is 7.76. The van der Waals surface area contributed by atoms with Gasteiger partial charge in [-0.25, -0.2) is 9.67 Å². The van der Waals surface area contributed by atoms with Crippen LogP contribution >= 0.6 is 11.8 Å². The predicted octanol–water partition coefficient (Wildman–Crippen LogP) is 3.03. The van der Waals surface area contributed by atoms with Crippen molar-refractivity contribution < 1.29 is 4.79 Å². The third-order valence-electron chi connectivity index (χ3n) is 4.83. The van der Waals surface area contributed by atoms with Crippen LogP contribution in [0.2, 0.25) is 0 Å². The number of carbonyl (C=O) groups is 1. The molecule has 148 valence electrons. The summed E-state index contributed by atoms with van der Waals surface area (Å²) >= 11 is 1.71. The van der Waals surface area contributed by atoms with Crippen LogP contribution in [0.5, 0.6) is 0 Å². The summed E-state index contributed by atoms with van der Waals surface area (Å²) in [4.78, 5) is 33.4. The van der Waals surface area contributed by atoms with Crippen LogP contribution in [0.3, 0.4) is 0 Å². The van der Waals surface area contributed by atoms with Gasteiger partial charge in [0.2, 0.25) is 0 Å². The molecule has 0 spiro atoms. The van der Waals surface area contributed by atoms with Gasteiger partial charge in [-0.2, -0.15) is 16.9 Å². The first-order valence-corrected chi connectivity index (χ1v) is 10.7. The van der Waals surface area contributed by atoms with Crippen LogP contribution in [-0.4, -0.2) is 37.7 Å². The standard InChI is InChI=1S/C21H21N5O2S/c1-26-21(28)14-8-4-3-7-13(14)18(25-26)20(27)24-17(11-12-29-2)19-22-15-9-5-6-10-16(15)23-19/h3-10,17H,11-12H2,1-2H3,(H,22,23)(H,24,27)/t17-/m0/s1. The normalized spacial score (nSPS) is 12.3. The van der Waals surface area contributed by atoms with Crippen LogP contribution in [0.4, 0.5) is 0 Å². The number of thioether (sulfide) groups is 1. The number of aryl methyl sites for hydroxylation is 1. The average Bonchev–Trinajstić information content (AvgIpc) is 3.17. The van der Waals surface area contributed by atoms with Gasteiger partial charge in [0.25, 0.3) is 11.5 Å².